The molecule has 0 aliphatic heterocycles. The van der Waals surface area contributed by atoms with Gasteiger partial charge in [-0.05, 0) is 61.3 Å². The van der Waals surface area contributed by atoms with Crippen LogP contribution >= 0.6 is 0 Å². The molecule has 4 nitrogen and oxygen atoms in total. The maximum atomic E-state index is 11.8. The molecule has 2 aliphatic rings. The molecule has 24 heavy (non-hydrogen) atoms. The summed E-state index contributed by atoms with van der Waals surface area (Å²) < 4.78 is 10.3. The Labute approximate surface area is 145 Å². The number of carbonyl (C=O) groups excluding carboxylic acids is 2. The third kappa shape index (κ3) is 4.08. The Bertz CT molecular complexity index is 534. The van der Waals surface area contributed by atoms with Crippen LogP contribution in [0.2, 0.25) is 0 Å². The highest BCUT2D eigenvalue weighted by Crippen LogP contribution is 2.53. The number of hydrogen-bond donors (Lipinski definition) is 0. The van der Waals surface area contributed by atoms with Crippen LogP contribution in [0.3, 0.4) is 0 Å². The quantitative estimate of drug-likeness (QED) is 0.415. The predicted octanol–water partition coefficient (Wildman–Crippen LogP) is 4.20. The summed E-state index contributed by atoms with van der Waals surface area (Å²) in [5, 5.41) is 0. The fourth-order valence-electron chi connectivity index (χ4n) is 4.21. The van der Waals surface area contributed by atoms with Crippen molar-refractivity contribution in [2.75, 3.05) is 13.7 Å². The molecule has 0 radical (unpaired) electrons. The molecule has 0 spiro atoms. The fourth-order valence-corrected chi connectivity index (χ4v) is 4.21. The monoisotopic (exact) mass is 334 g/mol. The first-order valence-electron chi connectivity index (χ1n) is 9.03. The van der Waals surface area contributed by atoms with E-state index in [1.165, 1.54) is 12.7 Å². The maximum Gasteiger partial charge on any atom is 0.333 e. The highest BCUT2D eigenvalue weighted by atomic mass is 16.5. The molecule has 0 amide bonds. The number of carbonyl (C=O) groups is 2. The minimum absolute atomic E-state index is 0.128. The molecule has 1 fully saturated rings. The summed E-state index contributed by atoms with van der Waals surface area (Å²) in [7, 11) is 1.40. The van der Waals surface area contributed by atoms with Gasteiger partial charge in [-0.3, -0.25) is 4.79 Å². The molecule has 134 valence electrons. The molecule has 0 heterocycles. The van der Waals surface area contributed by atoms with Crippen molar-refractivity contribution < 1.29 is 19.1 Å². The number of methoxy groups -OCH3 is 1. The lowest BCUT2D eigenvalue weighted by molar-refractivity contribution is -0.143. The van der Waals surface area contributed by atoms with E-state index < -0.39 is 0 Å². The zero-order valence-electron chi connectivity index (χ0n) is 15.2. The average molecular weight is 334 g/mol. The maximum absolute atomic E-state index is 11.8. The summed E-state index contributed by atoms with van der Waals surface area (Å²) in [4.78, 5) is 23.5. The largest absolute Gasteiger partial charge is 0.466 e. The van der Waals surface area contributed by atoms with Crippen LogP contribution in [-0.4, -0.2) is 25.7 Å². The van der Waals surface area contributed by atoms with Gasteiger partial charge in [0, 0.05) is 12.0 Å². The number of esters is 2. The summed E-state index contributed by atoms with van der Waals surface area (Å²) in [6.07, 6.45) is 8.63. The van der Waals surface area contributed by atoms with E-state index in [1.54, 1.807) is 0 Å². The molecule has 0 bridgehead atoms. The Balaban J connectivity index is 2.07. The normalized spacial score (nSPS) is 29.2. The highest BCUT2D eigenvalue weighted by Gasteiger charge is 2.44. The Hall–Kier alpha value is -1.58. The van der Waals surface area contributed by atoms with Gasteiger partial charge in [0.15, 0.2) is 0 Å². The van der Waals surface area contributed by atoms with Crippen molar-refractivity contribution in [3.05, 3.63) is 23.8 Å². The van der Waals surface area contributed by atoms with Crippen molar-refractivity contribution in [2.45, 2.75) is 58.8 Å². The lowest BCUT2D eigenvalue weighted by Gasteiger charge is -2.48. The van der Waals surface area contributed by atoms with Crippen molar-refractivity contribution in [1.29, 1.82) is 0 Å². The van der Waals surface area contributed by atoms with E-state index >= 15 is 0 Å². The number of rotatable bonds is 6. The topological polar surface area (TPSA) is 52.6 Å². The van der Waals surface area contributed by atoms with Gasteiger partial charge in [0.05, 0.1) is 7.11 Å². The molecule has 3 atom stereocenters. The second-order valence-electron chi connectivity index (χ2n) is 7.42. The predicted molar refractivity (Wildman–Crippen MR) is 93.3 cm³/mol. The van der Waals surface area contributed by atoms with Crippen molar-refractivity contribution in [3.8, 4) is 0 Å². The average Bonchev–Trinajstić information content (AvgIpc) is 2.58. The summed E-state index contributed by atoms with van der Waals surface area (Å²) in [6.45, 7) is 8.64. The lowest BCUT2D eigenvalue weighted by Crippen LogP contribution is -2.39. The first-order valence-corrected chi connectivity index (χ1v) is 9.03. The van der Waals surface area contributed by atoms with E-state index in [0.29, 0.717) is 24.5 Å². The van der Waals surface area contributed by atoms with Crippen LogP contribution in [0.1, 0.15) is 58.8 Å². The van der Waals surface area contributed by atoms with Gasteiger partial charge in [0.1, 0.15) is 6.61 Å². The minimum Gasteiger partial charge on any atom is -0.466 e. The van der Waals surface area contributed by atoms with Crippen LogP contribution in [0.15, 0.2) is 23.8 Å². The third-order valence-electron chi connectivity index (χ3n) is 5.79. The molecule has 2 rings (SSSR count). The number of ether oxygens (including phenoxy) is 2. The number of allylic oxidation sites excluding steroid dienone is 1. The number of hydrogen-bond acceptors (Lipinski definition) is 4. The Morgan fingerprint density at radius 3 is 2.79 bits per heavy atom. The van der Waals surface area contributed by atoms with Gasteiger partial charge in [-0.2, -0.15) is 0 Å². The molecule has 0 N–H and O–H groups in total. The van der Waals surface area contributed by atoms with E-state index in [-0.39, 0.29) is 23.3 Å². The van der Waals surface area contributed by atoms with Gasteiger partial charge in [-0.25, -0.2) is 4.79 Å². The van der Waals surface area contributed by atoms with Crippen LogP contribution in [0.5, 0.6) is 0 Å². The second-order valence-corrected chi connectivity index (χ2v) is 7.42. The van der Waals surface area contributed by atoms with Crippen molar-refractivity contribution in [2.24, 2.45) is 17.3 Å². The smallest absolute Gasteiger partial charge is 0.333 e. The molecule has 2 aliphatic carbocycles. The second kappa shape index (κ2) is 8.00. The van der Waals surface area contributed by atoms with Crippen LogP contribution in [-0.2, 0) is 19.1 Å². The summed E-state index contributed by atoms with van der Waals surface area (Å²) in [5.74, 6) is 0.0699. The minimum atomic E-state index is -0.306. The van der Waals surface area contributed by atoms with Gasteiger partial charge < -0.3 is 9.47 Å². The van der Waals surface area contributed by atoms with Crippen molar-refractivity contribution in [1.82, 2.24) is 0 Å². The molecule has 1 saturated carbocycles. The van der Waals surface area contributed by atoms with Crippen LogP contribution in [0.25, 0.3) is 0 Å². The first kappa shape index (κ1) is 18.8. The van der Waals surface area contributed by atoms with Crippen LogP contribution in [0, 0.1) is 17.3 Å². The van der Waals surface area contributed by atoms with Gasteiger partial charge in [-0.15, -0.1) is 0 Å². The van der Waals surface area contributed by atoms with Crippen LogP contribution in [0.4, 0.5) is 0 Å². The van der Waals surface area contributed by atoms with Gasteiger partial charge in [0.25, 0.3) is 0 Å². The fraction of sp³-hybridized carbons (Fsp3) is 0.700. The summed E-state index contributed by atoms with van der Waals surface area (Å²) in [5.41, 5.74) is 2.02. The van der Waals surface area contributed by atoms with Gasteiger partial charge in [0.2, 0.25) is 0 Å². The summed E-state index contributed by atoms with van der Waals surface area (Å²) in [6, 6.07) is 0. The molecule has 0 saturated heterocycles. The highest BCUT2D eigenvalue weighted by molar-refractivity contribution is 5.88. The third-order valence-corrected chi connectivity index (χ3v) is 5.79. The Kier molecular flexibility index (Phi) is 6.25. The zero-order valence-corrected chi connectivity index (χ0v) is 15.2. The molecular formula is C20H30O4. The van der Waals surface area contributed by atoms with E-state index in [4.69, 9.17) is 9.47 Å². The number of fused-ring (bicyclic) bond motifs is 1. The van der Waals surface area contributed by atoms with Crippen LogP contribution < -0.4 is 0 Å². The summed E-state index contributed by atoms with van der Waals surface area (Å²) >= 11 is 0. The Morgan fingerprint density at radius 1 is 1.38 bits per heavy atom. The molecular weight excluding hydrogens is 304 g/mol. The van der Waals surface area contributed by atoms with Gasteiger partial charge >= 0.3 is 11.9 Å². The van der Waals surface area contributed by atoms with E-state index in [0.717, 1.165) is 38.5 Å². The molecule has 0 aromatic carbocycles. The van der Waals surface area contributed by atoms with E-state index in [2.05, 4.69) is 19.6 Å². The molecule has 0 aromatic rings. The van der Waals surface area contributed by atoms with E-state index in [1.807, 2.05) is 6.92 Å². The zero-order chi connectivity index (χ0) is 17.7. The van der Waals surface area contributed by atoms with Crippen molar-refractivity contribution >= 4 is 11.9 Å². The first-order chi connectivity index (χ1) is 11.4. The SMILES string of the molecule is C=C(C(=O)OC)[C@@H]1CC[C@@]2(C)CCC=C(COC(=O)CCC)[C@@H]2C1. The molecule has 0 unspecified atom stereocenters. The standard InChI is InChI=1S/C20H30O4/c1-5-7-18(21)24-13-16-8-6-10-20(3)11-9-15(12-17(16)20)14(2)19(22)23-4/h8,15,17H,2,5-7,9-13H2,1,3-4H3/t15-,17+,20-/m1/s1. The van der Waals surface area contributed by atoms with Crippen molar-refractivity contribution in [3.63, 3.8) is 0 Å². The molecule has 0 aromatic heterocycles. The Morgan fingerprint density at radius 2 is 2.12 bits per heavy atom. The lowest BCUT2D eigenvalue weighted by atomic mass is 9.57. The van der Waals surface area contributed by atoms with E-state index in [9.17, 15) is 9.59 Å². The van der Waals surface area contributed by atoms with Gasteiger partial charge in [-0.1, -0.05) is 26.5 Å². The molecule has 4 heteroatoms.